The summed E-state index contributed by atoms with van der Waals surface area (Å²) in [6, 6.07) is -0.250. The van der Waals surface area contributed by atoms with Crippen molar-refractivity contribution in [2.24, 2.45) is 5.73 Å². The highest BCUT2D eigenvalue weighted by atomic mass is 16.3. The van der Waals surface area contributed by atoms with Crippen molar-refractivity contribution >= 4 is 0 Å². The van der Waals surface area contributed by atoms with Gasteiger partial charge in [0.1, 0.15) is 0 Å². The summed E-state index contributed by atoms with van der Waals surface area (Å²) in [5, 5.41) is 9.16. The molecule has 2 unspecified atom stereocenters. The Bertz CT molecular complexity index is 86.5. The van der Waals surface area contributed by atoms with Gasteiger partial charge in [0.2, 0.25) is 0 Å². The summed E-state index contributed by atoms with van der Waals surface area (Å²) in [7, 11) is 0. The molecule has 0 aromatic rings. The van der Waals surface area contributed by atoms with Gasteiger partial charge in [0.25, 0.3) is 0 Å². The van der Waals surface area contributed by atoms with Crippen molar-refractivity contribution in [3.05, 3.63) is 12.7 Å². The lowest BCUT2D eigenvalue weighted by molar-refractivity contribution is 0.0889. The zero-order chi connectivity index (χ0) is 6.78. The molecule has 0 aliphatic heterocycles. The van der Waals surface area contributed by atoms with Crippen LogP contribution in [0.2, 0.25) is 0 Å². The number of aliphatic hydroxyl groups is 1. The van der Waals surface area contributed by atoms with Gasteiger partial charge in [-0.25, -0.2) is 0 Å². The van der Waals surface area contributed by atoms with Crippen LogP contribution in [0.1, 0.15) is 13.8 Å². The summed E-state index contributed by atoms with van der Waals surface area (Å²) in [6.45, 7) is 6.79. The zero-order valence-corrected chi connectivity index (χ0v) is 5.39. The van der Waals surface area contributed by atoms with Crippen LogP contribution in [0, 0.1) is 0 Å². The molecular weight excluding hydrogens is 102 g/mol. The molecular formula is C6H13NO. The highest BCUT2D eigenvalue weighted by Gasteiger charge is 2.19. The van der Waals surface area contributed by atoms with Crippen molar-refractivity contribution < 1.29 is 5.11 Å². The summed E-state index contributed by atoms with van der Waals surface area (Å²) in [4.78, 5) is 0. The first kappa shape index (κ1) is 7.66. The van der Waals surface area contributed by atoms with Gasteiger partial charge in [0.15, 0.2) is 0 Å². The van der Waals surface area contributed by atoms with Crippen molar-refractivity contribution in [1.29, 1.82) is 0 Å². The lowest BCUT2D eigenvalue weighted by Gasteiger charge is -2.22. The van der Waals surface area contributed by atoms with Crippen LogP contribution in [-0.2, 0) is 0 Å². The second-order valence-electron chi connectivity index (χ2n) is 2.22. The second kappa shape index (κ2) is 2.29. The van der Waals surface area contributed by atoms with E-state index in [0.717, 1.165) is 0 Å². The Morgan fingerprint density at radius 1 is 1.88 bits per heavy atom. The molecule has 2 nitrogen and oxygen atoms in total. The van der Waals surface area contributed by atoms with Crippen molar-refractivity contribution in [3.8, 4) is 0 Å². The van der Waals surface area contributed by atoms with E-state index in [9.17, 15) is 0 Å². The van der Waals surface area contributed by atoms with Crippen LogP contribution in [-0.4, -0.2) is 16.7 Å². The van der Waals surface area contributed by atoms with E-state index < -0.39 is 5.60 Å². The Hall–Kier alpha value is -0.340. The maximum atomic E-state index is 9.16. The molecule has 0 bridgehead atoms. The Balaban J connectivity index is 3.90. The van der Waals surface area contributed by atoms with Gasteiger partial charge in [-0.05, 0) is 13.8 Å². The van der Waals surface area contributed by atoms with Crippen molar-refractivity contribution in [2.75, 3.05) is 0 Å². The molecule has 0 aromatic carbocycles. The van der Waals surface area contributed by atoms with Crippen LogP contribution < -0.4 is 5.73 Å². The third-order valence-corrected chi connectivity index (χ3v) is 1.34. The second-order valence-corrected chi connectivity index (χ2v) is 2.22. The van der Waals surface area contributed by atoms with Gasteiger partial charge in [-0.2, -0.15) is 0 Å². The van der Waals surface area contributed by atoms with Crippen LogP contribution in [0.15, 0.2) is 12.7 Å². The van der Waals surface area contributed by atoms with Gasteiger partial charge in [0.05, 0.1) is 5.60 Å². The predicted octanol–water partition coefficient (Wildman–Crippen LogP) is 0.271. The van der Waals surface area contributed by atoms with E-state index in [2.05, 4.69) is 6.58 Å². The van der Waals surface area contributed by atoms with Crippen LogP contribution in [0.3, 0.4) is 0 Å². The molecule has 48 valence electrons. The topological polar surface area (TPSA) is 46.2 Å². The quantitative estimate of drug-likeness (QED) is 0.507. The number of hydrogen-bond acceptors (Lipinski definition) is 2. The smallest absolute Gasteiger partial charge is 0.0944 e. The molecule has 0 rings (SSSR count). The van der Waals surface area contributed by atoms with Crippen molar-refractivity contribution in [3.63, 3.8) is 0 Å². The zero-order valence-electron chi connectivity index (χ0n) is 5.39. The molecule has 8 heavy (non-hydrogen) atoms. The first-order chi connectivity index (χ1) is 3.50. The molecule has 0 saturated carbocycles. The predicted molar refractivity (Wildman–Crippen MR) is 34.5 cm³/mol. The Morgan fingerprint density at radius 2 is 2.25 bits per heavy atom. The largest absolute Gasteiger partial charge is 0.384 e. The molecule has 0 aliphatic carbocycles. The van der Waals surface area contributed by atoms with E-state index in [1.54, 1.807) is 13.8 Å². The van der Waals surface area contributed by atoms with Crippen molar-refractivity contribution in [1.82, 2.24) is 0 Å². The summed E-state index contributed by atoms with van der Waals surface area (Å²) in [5.74, 6) is 0. The standard InChI is InChI=1S/C6H13NO/c1-4-6(3,8)5(2)7/h4-5,8H,1,7H2,2-3H3. The minimum absolute atomic E-state index is 0.250. The van der Waals surface area contributed by atoms with E-state index in [0.29, 0.717) is 0 Å². The van der Waals surface area contributed by atoms with Gasteiger partial charge in [0, 0.05) is 6.04 Å². The number of nitrogens with two attached hydrogens (primary N) is 1. The fourth-order valence-electron chi connectivity index (χ4n) is 0.186. The Labute approximate surface area is 50.0 Å². The van der Waals surface area contributed by atoms with Gasteiger partial charge < -0.3 is 10.8 Å². The van der Waals surface area contributed by atoms with E-state index in [4.69, 9.17) is 10.8 Å². The number of rotatable bonds is 2. The molecule has 0 aliphatic rings. The third-order valence-electron chi connectivity index (χ3n) is 1.34. The molecule has 0 heterocycles. The SMILES string of the molecule is C=CC(C)(O)C(C)N. The highest BCUT2D eigenvalue weighted by Crippen LogP contribution is 2.06. The Kier molecular flexibility index (Phi) is 2.19. The normalized spacial score (nSPS) is 21.5. The van der Waals surface area contributed by atoms with Crippen LogP contribution in [0.25, 0.3) is 0 Å². The van der Waals surface area contributed by atoms with Gasteiger partial charge in [-0.3, -0.25) is 0 Å². The van der Waals surface area contributed by atoms with Gasteiger partial charge in [-0.15, -0.1) is 6.58 Å². The molecule has 0 aromatic heterocycles. The lowest BCUT2D eigenvalue weighted by Crippen LogP contribution is -2.41. The average molecular weight is 115 g/mol. The average Bonchev–Trinajstić information content (AvgIpc) is 1.67. The van der Waals surface area contributed by atoms with Crippen LogP contribution >= 0.6 is 0 Å². The van der Waals surface area contributed by atoms with E-state index in [-0.39, 0.29) is 6.04 Å². The monoisotopic (exact) mass is 115 g/mol. The van der Waals surface area contributed by atoms with Gasteiger partial charge in [-0.1, -0.05) is 6.08 Å². The third kappa shape index (κ3) is 1.64. The van der Waals surface area contributed by atoms with Crippen LogP contribution in [0.5, 0.6) is 0 Å². The molecule has 3 N–H and O–H groups in total. The minimum atomic E-state index is -0.917. The molecule has 0 spiro atoms. The molecule has 2 atom stereocenters. The first-order valence-corrected chi connectivity index (χ1v) is 2.62. The van der Waals surface area contributed by atoms with Crippen LogP contribution in [0.4, 0.5) is 0 Å². The summed E-state index contributed by atoms with van der Waals surface area (Å²) >= 11 is 0. The number of hydrogen-bond donors (Lipinski definition) is 2. The summed E-state index contributed by atoms with van der Waals surface area (Å²) < 4.78 is 0. The molecule has 0 saturated heterocycles. The minimum Gasteiger partial charge on any atom is -0.384 e. The van der Waals surface area contributed by atoms with E-state index in [1.165, 1.54) is 6.08 Å². The van der Waals surface area contributed by atoms with Gasteiger partial charge >= 0.3 is 0 Å². The molecule has 2 heteroatoms. The summed E-state index contributed by atoms with van der Waals surface area (Å²) in [6.07, 6.45) is 1.44. The van der Waals surface area contributed by atoms with E-state index in [1.807, 2.05) is 0 Å². The fraction of sp³-hybridized carbons (Fsp3) is 0.667. The highest BCUT2D eigenvalue weighted by molar-refractivity contribution is 4.97. The summed E-state index contributed by atoms with van der Waals surface area (Å²) in [5.41, 5.74) is 4.44. The van der Waals surface area contributed by atoms with Crippen molar-refractivity contribution in [2.45, 2.75) is 25.5 Å². The molecule has 0 amide bonds. The van der Waals surface area contributed by atoms with E-state index >= 15 is 0 Å². The molecule has 0 fully saturated rings. The first-order valence-electron chi connectivity index (χ1n) is 2.62. The maximum Gasteiger partial charge on any atom is 0.0944 e. The maximum absolute atomic E-state index is 9.16. The lowest BCUT2D eigenvalue weighted by atomic mass is 10.00. The Morgan fingerprint density at radius 3 is 2.25 bits per heavy atom. The fourth-order valence-corrected chi connectivity index (χ4v) is 0.186. The molecule has 0 radical (unpaired) electrons.